The number of nitrogens with one attached hydrogen (secondary N) is 1. The number of hydrogen-bond acceptors (Lipinski definition) is 5. The molecule has 25 heavy (non-hydrogen) atoms. The van der Waals surface area contributed by atoms with Gasteiger partial charge < -0.3 is 10.2 Å². The van der Waals surface area contributed by atoms with Crippen LogP contribution < -0.4 is 10.2 Å². The molecule has 0 fully saturated rings. The van der Waals surface area contributed by atoms with Gasteiger partial charge in [-0.15, -0.1) is 5.10 Å². The Balaban J connectivity index is 2.18. The highest BCUT2D eigenvalue weighted by Crippen LogP contribution is 2.55. The molecule has 3 amide bonds. The number of carbonyl (C=O) groups is 3. The Morgan fingerprint density at radius 3 is 2.64 bits per heavy atom. The summed E-state index contributed by atoms with van der Waals surface area (Å²) in [5.74, 6) is -0.859. The Hall–Kier alpha value is -2.35. The summed E-state index contributed by atoms with van der Waals surface area (Å²) in [6.45, 7) is 7.24. The Morgan fingerprint density at radius 1 is 1.32 bits per heavy atom. The second-order valence-electron chi connectivity index (χ2n) is 6.09. The zero-order valence-corrected chi connectivity index (χ0v) is 15.4. The predicted octanol–water partition coefficient (Wildman–Crippen LogP) is 1.91. The lowest BCUT2D eigenvalue weighted by Gasteiger charge is -2.29. The maximum atomic E-state index is 13.4. The molecule has 0 aliphatic carbocycles. The third-order valence-corrected chi connectivity index (χ3v) is 5.41. The fourth-order valence-electron chi connectivity index (χ4n) is 3.29. The van der Waals surface area contributed by atoms with E-state index in [0.29, 0.717) is 6.54 Å². The van der Waals surface area contributed by atoms with E-state index in [-0.39, 0.29) is 22.9 Å². The number of aryl methyl sites for hydroxylation is 1. The van der Waals surface area contributed by atoms with Crippen LogP contribution in [0.4, 0.5) is 5.69 Å². The Kier molecular flexibility index (Phi) is 4.32. The van der Waals surface area contributed by atoms with Crippen LogP contribution in [0.25, 0.3) is 0 Å². The molecule has 1 atom stereocenters. The predicted molar refractivity (Wildman–Crippen MR) is 96.9 cm³/mol. The minimum Gasteiger partial charge on any atom is -0.309 e. The number of nitrogens with zero attached hydrogens (tertiary/aromatic N) is 3. The Morgan fingerprint density at radius 2 is 2.04 bits per heavy atom. The van der Waals surface area contributed by atoms with Gasteiger partial charge in [0.05, 0.1) is 5.69 Å². The third-order valence-electron chi connectivity index (χ3n) is 4.17. The van der Waals surface area contributed by atoms with Gasteiger partial charge in [0.2, 0.25) is 16.7 Å². The van der Waals surface area contributed by atoms with Crippen molar-refractivity contribution in [3.05, 3.63) is 29.3 Å². The van der Waals surface area contributed by atoms with Crippen LogP contribution in [0, 0.1) is 6.92 Å². The lowest BCUT2D eigenvalue weighted by molar-refractivity contribution is -0.139. The molecule has 2 heterocycles. The summed E-state index contributed by atoms with van der Waals surface area (Å²) >= 11 is 1.11. The molecule has 3 rings (SSSR count). The number of amidine groups is 1. The average Bonchev–Trinajstić information content (AvgIpc) is 3.01. The van der Waals surface area contributed by atoms with Gasteiger partial charge in [0.15, 0.2) is 5.17 Å². The van der Waals surface area contributed by atoms with E-state index in [1.54, 1.807) is 4.90 Å². The topological polar surface area (TPSA) is 82.1 Å². The molecule has 8 heteroatoms. The number of thioether (sulfide) groups is 1. The van der Waals surface area contributed by atoms with Crippen LogP contribution in [0.3, 0.4) is 0 Å². The van der Waals surface area contributed by atoms with Crippen molar-refractivity contribution >= 4 is 40.3 Å². The fraction of sp³-hybridized carbons (Fsp3) is 0.412. The highest BCUT2D eigenvalue weighted by Gasteiger charge is 2.61. The summed E-state index contributed by atoms with van der Waals surface area (Å²) < 4.78 is 0. The van der Waals surface area contributed by atoms with Gasteiger partial charge in [-0.1, -0.05) is 25.1 Å². The van der Waals surface area contributed by atoms with Crippen molar-refractivity contribution in [3.8, 4) is 0 Å². The second kappa shape index (κ2) is 6.18. The summed E-state index contributed by atoms with van der Waals surface area (Å²) in [5, 5.41) is 8.27. The smallest absolute Gasteiger partial charge is 0.270 e. The van der Waals surface area contributed by atoms with E-state index in [4.69, 9.17) is 0 Å². The molecule has 1 aromatic rings. The Labute approximate surface area is 150 Å². The minimum absolute atomic E-state index is 0.206. The zero-order valence-electron chi connectivity index (χ0n) is 14.6. The highest BCUT2D eigenvalue weighted by molar-refractivity contribution is 8.15. The van der Waals surface area contributed by atoms with Gasteiger partial charge in [0, 0.05) is 26.0 Å². The monoisotopic (exact) mass is 360 g/mol. The molecule has 0 radical (unpaired) electrons. The summed E-state index contributed by atoms with van der Waals surface area (Å²) in [6.07, 6.45) is 0.791. The number of rotatable bonds is 2. The number of anilines is 1. The van der Waals surface area contributed by atoms with Gasteiger partial charge in [-0.25, -0.2) is 0 Å². The van der Waals surface area contributed by atoms with Crippen LogP contribution in [0.5, 0.6) is 0 Å². The van der Waals surface area contributed by atoms with Gasteiger partial charge in [-0.05, 0) is 30.7 Å². The molecule has 2 aliphatic rings. The normalized spacial score (nSPS) is 21.6. The van der Waals surface area contributed by atoms with Crippen LogP contribution in [-0.2, 0) is 19.3 Å². The number of amides is 3. The first-order chi connectivity index (χ1) is 11.8. The molecule has 1 N–H and O–H groups in total. The fourth-order valence-corrected chi connectivity index (χ4v) is 4.61. The Bertz CT molecular complexity index is 807. The molecular formula is C17H20N4O3S. The molecule has 132 valence electrons. The van der Waals surface area contributed by atoms with Gasteiger partial charge in [0.1, 0.15) is 0 Å². The first-order valence-corrected chi connectivity index (χ1v) is 8.92. The van der Waals surface area contributed by atoms with E-state index < -0.39 is 4.87 Å². The van der Waals surface area contributed by atoms with Crippen molar-refractivity contribution < 1.29 is 14.4 Å². The lowest BCUT2D eigenvalue weighted by Crippen LogP contribution is -2.48. The number of hydrogen-bond donors (Lipinski definition) is 1. The van der Waals surface area contributed by atoms with Crippen LogP contribution in [0.1, 0.15) is 38.3 Å². The van der Waals surface area contributed by atoms with E-state index in [2.05, 4.69) is 10.4 Å². The van der Waals surface area contributed by atoms with Gasteiger partial charge in [-0.2, -0.15) is 5.01 Å². The zero-order chi connectivity index (χ0) is 18.4. The van der Waals surface area contributed by atoms with Gasteiger partial charge in [0.25, 0.3) is 5.91 Å². The summed E-state index contributed by atoms with van der Waals surface area (Å²) in [6, 6.07) is 5.67. The van der Waals surface area contributed by atoms with Crippen LogP contribution in [0.2, 0.25) is 0 Å². The van der Waals surface area contributed by atoms with Crippen molar-refractivity contribution in [3.63, 3.8) is 0 Å². The maximum absolute atomic E-state index is 13.4. The number of benzene rings is 1. The van der Waals surface area contributed by atoms with Crippen LogP contribution in [0.15, 0.2) is 23.3 Å². The van der Waals surface area contributed by atoms with Crippen LogP contribution in [-0.4, -0.2) is 34.4 Å². The molecule has 7 nitrogen and oxygen atoms in total. The first kappa shape index (κ1) is 17.5. The molecule has 2 aliphatic heterocycles. The number of hydrazone groups is 1. The van der Waals surface area contributed by atoms with E-state index in [1.807, 2.05) is 32.0 Å². The highest BCUT2D eigenvalue weighted by atomic mass is 32.2. The van der Waals surface area contributed by atoms with Crippen molar-refractivity contribution in [1.82, 2.24) is 10.3 Å². The summed E-state index contributed by atoms with van der Waals surface area (Å²) in [4.78, 5) is 37.5. The summed E-state index contributed by atoms with van der Waals surface area (Å²) in [5.41, 5.74) is 2.52. The van der Waals surface area contributed by atoms with Crippen molar-refractivity contribution in [2.24, 2.45) is 5.10 Å². The molecular weight excluding hydrogens is 340 g/mol. The quantitative estimate of drug-likeness (QED) is 0.873. The second-order valence-corrected chi connectivity index (χ2v) is 7.27. The molecule has 0 aromatic heterocycles. The first-order valence-electron chi connectivity index (χ1n) is 8.11. The largest absolute Gasteiger partial charge is 0.309 e. The maximum Gasteiger partial charge on any atom is 0.270 e. The van der Waals surface area contributed by atoms with E-state index in [9.17, 15) is 14.4 Å². The summed E-state index contributed by atoms with van der Waals surface area (Å²) in [7, 11) is 0. The molecule has 1 spiro atoms. The average molecular weight is 360 g/mol. The molecule has 0 unspecified atom stereocenters. The minimum atomic E-state index is -1.29. The van der Waals surface area contributed by atoms with Gasteiger partial charge >= 0.3 is 0 Å². The molecule has 0 bridgehead atoms. The van der Waals surface area contributed by atoms with Crippen molar-refractivity contribution in [2.75, 3.05) is 11.4 Å². The third kappa shape index (κ3) is 2.52. The van der Waals surface area contributed by atoms with Crippen molar-refractivity contribution in [2.45, 2.75) is 39.0 Å². The molecule has 0 saturated heterocycles. The standard InChI is InChI=1S/C17H20N4O3S/c1-5-9-20-14-10(2)7-6-8-13(14)17(15(20)24)21(12(4)23)19-16(25-17)18-11(3)22/h6-8H,5,9H2,1-4H3,(H,18,19,22)/t17-/m0/s1. The number of para-hydroxylation sites is 1. The number of fused-ring (bicyclic) bond motifs is 2. The SMILES string of the molecule is CCCN1C(=O)[C@@]2(SC(NC(C)=O)=NN2C(C)=O)c2cccc(C)c21. The van der Waals surface area contributed by atoms with Gasteiger partial charge in [-0.3, -0.25) is 14.4 Å². The number of carbonyl (C=O) groups excluding carboxylic acids is 3. The van der Waals surface area contributed by atoms with Crippen LogP contribution >= 0.6 is 11.8 Å². The van der Waals surface area contributed by atoms with E-state index in [1.165, 1.54) is 18.9 Å². The lowest BCUT2D eigenvalue weighted by atomic mass is 10.0. The molecule has 0 saturated carbocycles. The molecule has 1 aromatic carbocycles. The van der Waals surface area contributed by atoms with Crippen molar-refractivity contribution in [1.29, 1.82) is 0 Å². The van der Waals surface area contributed by atoms with E-state index in [0.717, 1.165) is 35.0 Å². The van der Waals surface area contributed by atoms with E-state index >= 15 is 0 Å².